The van der Waals surface area contributed by atoms with Crippen molar-refractivity contribution in [1.82, 2.24) is 4.98 Å². The fourth-order valence-corrected chi connectivity index (χ4v) is 2.57. The molecule has 0 bridgehead atoms. The first kappa shape index (κ1) is 16.8. The van der Waals surface area contributed by atoms with Crippen molar-refractivity contribution in [1.29, 1.82) is 0 Å². The van der Waals surface area contributed by atoms with Crippen LogP contribution in [0.3, 0.4) is 0 Å². The summed E-state index contributed by atoms with van der Waals surface area (Å²) in [4.78, 5) is 15.0. The van der Waals surface area contributed by atoms with Crippen LogP contribution in [0.4, 0.5) is 5.69 Å². The first-order chi connectivity index (χ1) is 11.8. The highest BCUT2D eigenvalue weighted by atomic mass is 16.3. The number of rotatable bonds is 4. The monoisotopic (exact) mass is 335 g/mol. The maximum Gasteiger partial charge on any atom is 0.257 e. The predicted molar refractivity (Wildman–Crippen MR) is 102 cm³/mol. The summed E-state index contributed by atoms with van der Waals surface area (Å²) in [6.45, 7) is 3.47. The van der Waals surface area contributed by atoms with Crippen LogP contribution in [0.15, 0.2) is 65.6 Å². The summed E-state index contributed by atoms with van der Waals surface area (Å²) in [7, 11) is 0. The SMILES string of the molecule is CC(C)(O)c1ccc(N/C=C(\N)c2cc3ccccc3[nH]c2=O)cc1. The molecule has 25 heavy (non-hydrogen) atoms. The normalized spacial score (nSPS) is 12.4. The molecule has 0 unspecified atom stereocenters. The van der Waals surface area contributed by atoms with Gasteiger partial charge < -0.3 is 21.1 Å². The number of H-pyrrole nitrogens is 1. The molecule has 0 aliphatic rings. The summed E-state index contributed by atoms with van der Waals surface area (Å²) in [5, 5.41) is 14.0. The van der Waals surface area contributed by atoms with E-state index < -0.39 is 5.60 Å². The molecule has 0 aliphatic heterocycles. The number of pyridine rings is 1. The largest absolute Gasteiger partial charge is 0.397 e. The molecule has 1 aromatic heterocycles. The third-order valence-electron chi connectivity index (χ3n) is 4.05. The summed E-state index contributed by atoms with van der Waals surface area (Å²) >= 11 is 0. The van der Waals surface area contributed by atoms with Gasteiger partial charge in [-0.2, -0.15) is 0 Å². The van der Waals surface area contributed by atoms with Gasteiger partial charge in [-0.05, 0) is 49.1 Å². The number of hydrogen-bond acceptors (Lipinski definition) is 4. The predicted octanol–water partition coefficient (Wildman–Crippen LogP) is 3.12. The number of aromatic nitrogens is 1. The summed E-state index contributed by atoms with van der Waals surface area (Å²) in [6.07, 6.45) is 1.60. The standard InChI is InChI=1S/C20H21N3O2/c1-20(2,25)14-7-9-15(10-8-14)22-12-17(21)16-11-13-5-3-4-6-18(13)23-19(16)24/h3-12,22,25H,21H2,1-2H3,(H,23,24)/b17-12-. The molecule has 5 nitrogen and oxygen atoms in total. The minimum atomic E-state index is -0.883. The number of nitrogens with two attached hydrogens (primary N) is 1. The lowest BCUT2D eigenvalue weighted by atomic mass is 9.98. The molecule has 0 saturated carbocycles. The van der Waals surface area contributed by atoms with Gasteiger partial charge in [-0.25, -0.2) is 0 Å². The molecule has 0 fully saturated rings. The van der Waals surface area contributed by atoms with E-state index in [0.29, 0.717) is 11.3 Å². The van der Waals surface area contributed by atoms with Crippen molar-refractivity contribution in [2.75, 3.05) is 5.32 Å². The van der Waals surface area contributed by atoms with Crippen molar-refractivity contribution >= 4 is 22.3 Å². The van der Waals surface area contributed by atoms with Crippen molar-refractivity contribution in [2.24, 2.45) is 5.73 Å². The number of benzene rings is 2. The van der Waals surface area contributed by atoms with Crippen molar-refractivity contribution in [3.63, 3.8) is 0 Å². The summed E-state index contributed by atoms with van der Waals surface area (Å²) in [6, 6.07) is 16.7. The van der Waals surface area contributed by atoms with Gasteiger partial charge >= 0.3 is 0 Å². The Morgan fingerprint density at radius 1 is 1.16 bits per heavy atom. The number of hydrogen-bond donors (Lipinski definition) is 4. The van der Waals surface area contributed by atoms with Crippen molar-refractivity contribution in [3.05, 3.63) is 82.3 Å². The Hall–Kier alpha value is -3.05. The number of para-hydroxylation sites is 1. The molecule has 0 amide bonds. The molecule has 0 aliphatic carbocycles. The Bertz CT molecular complexity index is 980. The zero-order valence-electron chi connectivity index (χ0n) is 14.2. The smallest absolute Gasteiger partial charge is 0.257 e. The Balaban J connectivity index is 1.84. The van der Waals surface area contributed by atoms with E-state index in [1.807, 2.05) is 48.5 Å². The van der Waals surface area contributed by atoms with Crippen molar-refractivity contribution < 1.29 is 5.11 Å². The van der Waals surface area contributed by atoms with Gasteiger partial charge in [0.25, 0.3) is 5.56 Å². The number of nitrogens with one attached hydrogen (secondary N) is 2. The highest BCUT2D eigenvalue weighted by molar-refractivity contribution is 5.82. The molecule has 2 aromatic carbocycles. The van der Waals surface area contributed by atoms with Gasteiger partial charge in [-0.15, -0.1) is 0 Å². The van der Waals surface area contributed by atoms with E-state index >= 15 is 0 Å². The van der Waals surface area contributed by atoms with E-state index in [1.54, 1.807) is 26.1 Å². The van der Waals surface area contributed by atoms with Gasteiger partial charge in [0.2, 0.25) is 0 Å². The fraction of sp³-hybridized carbons (Fsp3) is 0.150. The molecule has 3 aromatic rings. The molecule has 128 valence electrons. The Kier molecular flexibility index (Phi) is 4.33. The Morgan fingerprint density at radius 2 is 1.84 bits per heavy atom. The number of fused-ring (bicyclic) bond motifs is 1. The molecule has 0 radical (unpaired) electrons. The van der Waals surface area contributed by atoms with Crippen LogP contribution in [0.1, 0.15) is 25.0 Å². The maximum atomic E-state index is 12.2. The van der Waals surface area contributed by atoms with Gasteiger partial charge in [-0.1, -0.05) is 30.3 Å². The maximum absolute atomic E-state index is 12.2. The van der Waals surface area contributed by atoms with Crippen LogP contribution in [0.25, 0.3) is 16.6 Å². The molecular weight excluding hydrogens is 314 g/mol. The number of aromatic amines is 1. The highest BCUT2D eigenvalue weighted by Gasteiger charge is 2.14. The van der Waals surface area contributed by atoms with Crippen LogP contribution in [0.5, 0.6) is 0 Å². The summed E-state index contributed by atoms with van der Waals surface area (Å²) in [5.41, 5.74) is 8.13. The molecule has 5 heteroatoms. The quantitative estimate of drug-likeness (QED) is 0.589. The highest BCUT2D eigenvalue weighted by Crippen LogP contribution is 2.21. The van der Waals surface area contributed by atoms with Crippen LogP contribution in [-0.2, 0) is 5.60 Å². The lowest BCUT2D eigenvalue weighted by molar-refractivity contribution is 0.0786. The second-order valence-corrected chi connectivity index (χ2v) is 6.48. The van der Waals surface area contributed by atoms with Gasteiger partial charge in [0.15, 0.2) is 0 Å². The van der Waals surface area contributed by atoms with Gasteiger partial charge in [0.05, 0.1) is 16.9 Å². The van der Waals surface area contributed by atoms with Crippen LogP contribution >= 0.6 is 0 Å². The third kappa shape index (κ3) is 3.72. The van der Waals surface area contributed by atoms with Gasteiger partial charge in [-0.3, -0.25) is 4.79 Å². The molecular formula is C20H21N3O2. The molecule has 5 N–H and O–H groups in total. The Morgan fingerprint density at radius 3 is 2.52 bits per heavy atom. The molecule has 1 heterocycles. The molecule has 0 saturated heterocycles. The first-order valence-electron chi connectivity index (χ1n) is 8.02. The van der Waals surface area contributed by atoms with Gasteiger partial charge in [0.1, 0.15) is 0 Å². The number of anilines is 1. The van der Waals surface area contributed by atoms with Crippen LogP contribution < -0.4 is 16.6 Å². The molecule has 0 spiro atoms. The van der Waals surface area contributed by atoms with Crippen molar-refractivity contribution in [2.45, 2.75) is 19.4 Å². The lowest BCUT2D eigenvalue weighted by Crippen LogP contribution is -2.16. The zero-order valence-corrected chi connectivity index (χ0v) is 14.2. The second-order valence-electron chi connectivity index (χ2n) is 6.48. The summed E-state index contributed by atoms with van der Waals surface area (Å²) in [5.74, 6) is 0. The molecule has 0 atom stereocenters. The van der Waals surface area contributed by atoms with Crippen molar-refractivity contribution in [3.8, 4) is 0 Å². The summed E-state index contributed by atoms with van der Waals surface area (Å²) < 4.78 is 0. The average molecular weight is 335 g/mol. The minimum Gasteiger partial charge on any atom is -0.397 e. The minimum absolute atomic E-state index is 0.230. The van der Waals surface area contributed by atoms with E-state index in [9.17, 15) is 9.90 Å². The third-order valence-corrected chi connectivity index (χ3v) is 4.05. The van der Waals surface area contributed by atoms with E-state index in [4.69, 9.17) is 5.73 Å². The van der Waals surface area contributed by atoms with Crippen LogP contribution in [0.2, 0.25) is 0 Å². The molecule has 3 rings (SSSR count). The lowest BCUT2D eigenvalue weighted by Gasteiger charge is -2.17. The van der Waals surface area contributed by atoms with Gasteiger partial charge in [0, 0.05) is 17.4 Å². The average Bonchev–Trinajstić information content (AvgIpc) is 2.58. The van der Waals surface area contributed by atoms with Crippen LogP contribution in [-0.4, -0.2) is 10.1 Å². The van der Waals surface area contributed by atoms with E-state index in [0.717, 1.165) is 22.2 Å². The van der Waals surface area contributed by atoms with E-state index in [2.05, 4.69) is 10.3 Å². The van der Waals surface area contributed by atoms with E-state index in [-0.39, 0.29) is 5.56 Å². The van der Waals surface area contributed by atoms with E-state index in [1.165, 1.54) is 0 Å². The first-order valence-corrected chi connectivity index (χ1v) is 8.02. The fourth-order valence-electron chi connectivity index (χ4n) is 2.57. The second kappa shape index (κ2) is 6.45. The number of aliphatic hydroxyl groups is 1. The topological polar surface area (TPSA) is 91.1 Å². The Labute approximate surface area is 145 Å². The van der Waals surface area contributed by atoms with Crippen LogP contribution in [0, 0.1) is 0 Å². The zero-order chi connectivity index (χ0) is 18.0.